The molecule has 2 fully saturated rings. The van der Waals surface area contributed by atoms with Gasteiger partial charge in [0.05, 0.1) is 6.61 Å². The first-order chi connectivity index (χ1) is 11.3. The van der Waals surface area contributed by atoms with Gasteiger partial charge < -0.3 is 4.74 Å². The van der Waals surface area contributed by atoms with Crippen LogP contribution in [0.3, 0.4) is 0 Å². The summed E-state index contributed by atoms with van der Waals surface area (Å²) in [5, 5.41) is 2.41. The average molecular weight is 310 g/mol. The van der Waals surface area contributed by atoms with E-state index in [1.165, 1.54) is 10.8 Å². The van der Waals surface area contributed by atoms with E-state index in [9.17, 15) is 0 Å². The lowest BCUT2D eigenvalue weighted by Crippen LogP contribution is -2.31. The van der Waals surface area contributed by atoms with Gasteiger partial charge in [-0.25, -0.2) is 9.78 Å². The predicted molar refractivity (Wildman–Crippen MR) is 90.7 cm³/mol. The molecule has 2 aromatic rings. The van der Waals surface area contributed by atoms with Crippen molar-refractivity contribution in [3.63, 3.8) is 0 Å². The minimum atomic E-state index is -0.520. The molecule has 1 heterocycles. The van der Waals surface area contributed by atoms with E-state index in [1.807, 2.05) is 0 Å². The molecule has 3 heteroatoms. The molecule has 1 spiro atoms. The van der Waals surface area contributed by atoms with Crippen molar-refractivity contribution in [1.82, 2.24) is 0 Å². The summed E-state index contributed by atoms with van der Waals surface area (Å²) in [4.78, 5) is 11.5. The molecular weight excluding hydrogens is 288 g/mol. The van der Waals surface area contributed by atoms with E-state index < -0.39 is 5.79 Å². The molecule has 23 heavy (non-hydrogen) atoms. The number of hydrogen-bond donors (Lipinski definition) is 0. The van der Waals surface area contributed by atoms with E-state index in [2.05, 4.69) is 49.0 Å². The van der Waals surface area contributed by atoms with Crippen LogP contribution >= 0.6 is 0 Å². The Morgan fingerprint density at radius 1 is 1.04 bits per heavy atom. The fourth-order valence-corrected chi connectivity index (χ4v) is 3.62. The lowest BCUT2D eigenvalue weighted by molar-refractivity contribution is -0.420. The van der Waals surface area contributed by atoms with Crippen LogP contribution in [0.15, 0.2) is 49.0 Å². The van der Waals surface area contributed by atoms with Crippen molar-refractivity contribution in [2.45, 2.75) is 44.0 Å². The number of hydrogen-bond acceptors (Lipinski definition) is 3. The van der Waals surface area contributed by atoms with Crippen molar-refractivity contribution in [2.75, 3.05) is 6.61 Å². The van der Waals surface area contributed by atoms with Gasteiger partial charge in [-0.1, -0.05) is 49.0 Å². The zero-order valence-electron chi connectivity index (χ0n) is 13.3. The number of ether oxygens (including phenoxy) is 1. The summed E-state index contributed by atoms with van der Waals surface area (Å²) in [5.74, 6) is -0.520. The topological polar surface area (TPSA) is 27.7 Å². The van der Waals surface area contributed by atoms with Gasteiger partial charge in [-0.2, -0.15) is 0 Å². The SMILES string of the molecule is C=C(c1cccc2ccccc12)C1CCOC2(CCCC2)OO1. The maximum atomic E-state index is 5.97. The summed E-state index contributed by atoms with van der Waals surface area (Å²) < 4.78 is 5.97. The van der Waals surface area contributed by atoms with Crippen LogP contribution in [0.1, 0.15) is 37.7 Å². The Balaban J connectivity index is 1.58. The number of rotatable bonds is 2. The van der Waals surface area contributed by atoms with Crippen molar-refractivity contribution >= 4 is 16.3 Å². The van der Waals surface area contributed by atoms with Crippen LogP contribution in [0.25, 0.3) is 16.3 Å². The normalized spacial score (nSPS) is 23.9. The summed E-state index contributed by atoms with van der Waals surface area (Å²) in [6.45, 7) is 4.94. The van der Waals surface area contributed by atoms with E-state index in [0.29, 0.717) is 6.61 Å². The lowest BCUT2D eigenvalue weighted by Gasteiger charge is -2.25. The Morgan fingerprint density at radius 2 is 1.83 bits per heavy atom. The molecule has 0 bridgehead atoms. The summed E-state index contributed by atoms with van der Waals surface area (Å²) in [6.07, 6.45) is 4.71. The molecule has 120 valence electrons. The van der Waals surface area contributed by atoms with Gasteiger partial charge in [0.15, 0.2) is 0 Å². The highest BCUT2D eigenvalue weighted by Crippen LogP contribution is 2.38. The molecule has 2 aromatic carbocycles. The first-order valence-electron chi connectivity index (χ1n) is 8.43. The fourth-order valence-electron chi connectivity index (χ4n) is 3.62. The van der Waals surface area contributed by atoms with Gasteiger partial charge in [0.25, 0.3) is 0 Å². The van der Waals surface area contributed by atoms with Crippen LogP contribution in [0.5, 0.6) is 0 Å². The van der Waals surface area contributed by atoms with Crippen LogP contribution in [0.4, 0.5) is 0 Å². The summed E-state index contributed by atoms with van der Waals surface area (Å²) in [5.41, 5.74) is 2.08. The van der Waals surface area contributed by atoms with E-state index in [-0.39, 0.29) is 6.10 Å². The van der Waals surface area contributed by atoms with Crippen molar-refractivity contribution < 1.29 is 14.5 Å². The minimum absolute atomic E-state index is 0.166. The van der Waals surface area contributed by atoms with Gasteiger partial charge in [0.1, 0.15) is 6.10 Å². The Bertz CT molecular complexity index is 710. The minimum Gasteiger partial charge on any atom is -0.347 e. The third-order valence-electron chi connectivity index (χ3n) is 4.95. The highest BCUT2D eigenvalue weighted by Gasteiger charge is 2.40. The van der Waals surface area contributed by atoms with Gasteiger partial charge in [-0.15, -0.1) is 0 Å². The molecule has 1 saturated heterocycles. The van der Waals surface area contributed by atoms with Gasteiger partial charge in [-0.05, 0) is 34.8 Å². The maximum absolute atomic E-state index is 5.97. The van der Waals surface area contributed by atoms with Gasteiger partial charge in [0, 0.05) is 19.3 Å². The summed E-state index contributed by atoms with van der Waals surface area (Å²) >= 11 is 0. The first kappa shape index (κ1) is 14.9. The molecular formula is C20H22O3. The summed E-state index contributed by atoms with van der Waals surface area (Å²) in [7, 11) is 0. The van der Waals surface area contributed by atoms with Gasteiger partial charge in [0.2, 0.25) is 5.79 Å². The molecule has 2 aliphatic rings. The zero-order chi connectivity index (χ0) is 15.7. The van der Waals surface area contributed by atoms with Gasteiger partial charge >= 0.3 is 0 Å². The van der Waals surface area contributed by atoms with Crippen LogP contribution in [-0.2, 0) is 14.5 Å². The van der Waals surface area contributed by atoms with Crippen LogP contribution < -0.4 is 0 Å². The van der Waals surface area contributed by atoms with Crippen LogP contribution in [0.2, 0.25) is 0 Å². The molecule has 4 rings (SSSR count). The third-order valence-corrected chi connectivity index (χ3v) is 4.95. The molecule has 1 atom stereocenters. The van der Waals surface area contributed by atoms with Crippen LogP contribution in [0, 0.1) is 0 Å². The van der Waals surface area contributed by atoms with Crippen molar-refractivity contribution in [1.29, 1.82) is 0 Å². The standard InChI is InChI=1S/C20H22O3/c1-15(17-10-6-8-16-7-2-3-9-18(16)17)19-11-14-21-20(23-22-19)12-4-5-13-20/h2-3,6-10,19H,1,4-5,11-14H2. The highest BCUT2D eigenvalue weighted by atomic mass is 17.2. The molecule has 0 radical (unpaired) electrons. The van der Waals surface area contributed by atoms with E-state index in [1.54, 1.807) is 0 Å². The van der Waals surface area contributed by atoms with Crippen molar-refractivity contribution in [2.24, 2.45) is 0 Å². The van der Waals surface area contributed by atoms with Crippen molar-refractivity contribution in [3.05, 3.63) is 54.6 Å². The molecule has 0 N–H and O–H groups in total. The van der Waals surface area contributed by atoms with E-state index >= 15 is 0 Å². The molecule has 0 amide bonds. The second kappa shape index (κ2) is 6.08. The summed E-state index contributed by atoms with van der Waals surface area (Å²) in [6, 6.07) is 14.6. The van der Waals surface area contributed by atoms with Gasteiger partial charge in [-0.3, -0.25) is 0 Å². The maximum Gasteiger partial charge on any atom is 0.201 e. The second-order valence-corrected chi connectivity index (χ2v) is 6.48. The molecule has 0 aromatic heterocycles. The van der Waals surface area contributed by atoms with Crippen LogP contribution in [-0.4, -0.2) is 18.5 Å². The number of fused-ring (bicyclic) bond motifs is 1. The molecule has 1 aliphatic heterocycles. The smallest absolute Gasteiger partial charge is 0.201 e. The Morgan fingerprint density at radius 3 is 2.70 bits per heavy atom. The average Bonchev–Trinajstić information content (AvgIpc) is 2.95. The highest BCUT2D eigenvalue weighted by molar-refractivity contribution is 5.94. The quantitative estimate of drug-likeness (QED) is 0.741. The molecule has 1 unspecified atom stereocenters. The Labute approximate surface area is 136 Å². The fraction of sp³-hybridized carbons (Fsp3) is 0.400. The molecule has 3 nitrogen and oxygen atoms in total. The van der Waals surface area contributed by atoms with E-state index in [4.69, 9.17) is 14.5 Å². The first-order valence-corrected chi connectivity index (χ1v) is 8.43. The predicted octanol–water partition coefficient (Wildman–Crippen LogP) is 4.86. The Hall–Kier alpha value is -1.68. The van der Waals surface area contributed by atoms with Crippen molar-refractivity contribution in [3.8, 4) is 0 Å². The monoisotopic (exact) mass is 310 g/mol. The lowest BCUT2D eigenvalue weighted by atomic mass is 9.95. The molecule has 1 aliphatic carbocycles. The largest absolute Gasteiger partial charge is 0.347 e. The second-order valence-electron chi connectivity index (χ2n) is 6.48. The molecule has 1 saturated carbocycles. The van der Waals surface area contributed by atoms with E-state index in [0.717, 1.165) is 43.2 Å². The third kappa shape index (κ3) is 2.80. The Kier molecular flexibility index (Phi) is 3.93. The zero-order valence-corrected chi connectivity index (χ0v) is 13.3. The number of benzene rings is 2.